The predicted octanol–water partition coefficient (Wildman–Crippen LogP) is 2.32. The Morgan fingerprint density at radius 1 is 1.33 bits per heavy atom. The summed E-state index contributed by atoms with van der Waals surface area (Å²) in [7, 11) is 1.94. The number of aromatic nitrogens is 4. The molecule has 0 amide bonds. The van der Waals surface area contributed by atoms with Crippen molar-refractivity contribution in [2.45, 2.75) is 17.1 Å². The van der Waals surface area contributed by atoms with Gasteiger partial charge in [-0.05, 0) is 18.7 Å². The van der Waals surface area contributed by atoms with E-state index in [4.69, 9.17) is 11.6 Å². The number of nitrogens with zero attached hydrogens (tertiary/aromatic N) is 4. The van der Waals surface area contributed by atoms with Gasteiger partial charge in [-0.2, -0.15) is 0 Å². The van der Waals surface area contributed by atoms with Crippen LogP contribution in [-0.4, -0.2) is 19.5 Å². The Balaban J connectivity index is 2.33. The first-order valence-electron chi connectivity index (χ1n) is 4.31. The first-order chi connectivity index (χ1) is 7.18. The van der Waals surface area contributed by atoms with Gasteiger partial charge in [0.05, 0.1) is 0 Å². The molecule has 0 saturated heterocycles. The van der Waals surface area contributed by atoms with E-state index in [0.717, 1.165) is 15.7 Å². The maximum Gasteiger partial charge on any atom is 0.174 e. The number of hydrogen-bond donors (Lipinski definition) is 0. The van der Waals surface area contributed by atoms with Gasteiger partial charge in [0.2, 0.25) is 0 Å². The minimum absolute atomic E-state index is 0.488. The summed E-state index contributed by atoms with van der Waals surface area (Å²) >= 11 is 7.38. The van der Waals surface area contributed by atoms with Gasteiger partial charge >= 0.3 is 0 Å². The minimum Gasteiger partial charge on any atom is -0.329 e. The Hall–Kier alpha value is -1.07. The second kappa shape index (κ2) is 4.20. The molecular formula is C9H9ClN4S. The fourth-order valence-electron chi connectivity index (χ4n) is 1.05. The molecule has 2 rings (SSSR count). The van der Waals surface area contributed by atoms with E-state index < -0.39 is 0 Å². The van der Waals surface area contributed by atoms with Crippen molar-refractivity contribution < 1.29 is 0 Å². The summed E-state index contributed by atoms with van der Waals surface area (Å²) in [5.41, 5.74) is 0.882. The lowest BCUT2D eigenvalue weighted by Gasteiger charge is -2.04. The molecule has 0 aliphatic rings. The summed E-state index contributed by atoms with van der Waals surface area (Å²) in [6.45, 7) is 1.90. The first kappa shape index (κ1) is 10.4. The quantitative estimate of drug-likeness (QED) is 0.756. The second-order valence-corrected chi connectivity index (χ2v) is 4.33. The number of halogens is 1. The molecular weight excluding hydrogens is 232 g/mol. The molecule has 2 aromatic rings. The van der Waals surface area contributed by atoms with Crippen molar-refractivity contribution in [1.82, 2.24) is 19.5 Å². The van der Waals surface area contributed by atoms with Gasteiger partial charge in [-0.3, -0.25) is 0 Å². The Morgan fingerprint density at radius 3 is 2.80 bits per heavy atom. The van der Waals surface area contributed by atoms with E-state index in [0.29, 0.717) is 5.15 Å². The van der Waals surface area contributed by atoms with Crippen molar-refractivity contribution in [3.63, 3.8) is 0 Å². The molecule has 0 bridgehead atoms. The van der Waals surface area contributed by atoms with Crippen LogP contribution in [0.15, 0.2) is 28.9 Å². The van der Waals surface area contributed by atoms with Gasteiger partial charge in [0.1, 0.15) is 16.5 Å². The van der Waals surface area contributed by atoms with Crippen LogP contribution >= 0.6 is 23.4 Å². The standard InChI is InChI=1S/C9H9ClN4S/c1-6-7(10)12-5-13-8(6)15-9-11-3-4-14(9)2/h3-5H,1-2H3. The van der Waals surface area contributed by atoms with Gasteiger partial charge in [-0.1, -0.05) is 11.6 Å². The summed E-state index contributed by atoms with van der Waals surface area (Å²) < 4.78 is 1.93. The Labute approximate surface area is 96.7 Å². The zero-order valence-corrected chi connectivity index (χ0v) is 9.88. The summed E-state index contributed by atoms with van der Waals surface area (Å²) in [6, 6.07) is 0. The van der Waals surface area contributed by atoms with E-state index in [-0.39, 0.29) is 0 Å². The van der Waals surface area contributed by atoms with Crippen LogP contribution in [0.4, 0.5) is 0 Å². The van der Waals surface area contributed by atoms with Crippen molar-refractivity contribution in [2.24, 2.45) is 7.05 Å². The normalized spacial score (nSPS) is 10.6. The zero-order chi connectivity index (χ0) is 10.8. The van der Waals surface area contributed by atoms with Gasteiger partial charge in [-0.15, -0.1) is 0 Å². The van der Waals surface area contributed by atoms with E-state index in [1.54, 1.807) is 6.20 Å². The topological polar surface area (TPSA) is 43.6 Å². The number of imidazole rings is 1. The highest BCUT2D eigenvalue weighted by molar-refractivity contribution is 7.99. The average Bonchev–Trinajstić information content (AvgIpc) is 2.60. The van der Waals surface area contributed by atoms with Crippen LogP contribution in [0, 0.1) is 6.92 Å². The first-order valence-corrected chi connectivity index (χ1v) is 5.50. The molecule has 78 valence electrons. The molecule has 15 heavy (non-hydrogen) atoms. The summed E-state index contributed by atoms with van der Waals surface area (Å²) in [5, 5.41) is 2.21. The molecule has 0 aromatic carbocycles. The molecule has 0 unspecified atom stereocenters. The molecule has 0 fully saturated rings. The molecule has 4 nitrogen and oxygen atoms in total. The molecule has 0 aliphatic heterocycles. The lowest BCUT2D eigenvalue weighted by molar-refractivity contribution is 0.787. The van der Waals surface area contributed by atoms with Crippen molar-refractivity contribution >= 4 is 23.4 Å². The lowest BCUT2D eigenvalue weighted by Crippen LogP contribution is -1.93. The van der Waals surface area contributed by atoms with Gasteiger partial charge in [0.15, 0.2) is 5.16 Å². The van der Waals surface area contributed by atoms with E-state index in [2.05, 4.69) is 15.0 Å². The minimum atomic E-state index is 0.488. The maximum absolute atomic E-state index is 5.90. The Kier molecular flexibility index (Phi) is 2.93. The highest BCUT2D eigenvalue weighted by Crippen LogP contribution is 2.28. The second-order valence-electron chi connectivity index (χ2n) is 3.02. The largest absolute Gasteiger partial charge is 0.329 e. The molecule has 0 aliphatic carbocycles. The third kappa shape index (κ3) is 2.13. The summed E-state index contributed by atoms with van der Waals surface area (Å²) in [6.07, 6.45) is 5.10. The van der Waals surface area contributed by atoms with Gasteiger partial charge in [0.25, 0.3) is 0 Å². The molecule has 0 N–H and O–H groups in total. The molecule has 0 radical (unpaired) electrons. The van der Waals surface area contributed by atoms with E-state index in [1.165, 1.54) is 18.1 Å². The summed E-state index contributed by atoms with van der Waals surface area (Å²) in [5.74, 6) is 0. The smallest absolute Gasteiger partial charge is 0.174 e. The Morgan fingerprint density at radius 2 is 2.13 bits per heavy atom. The van der Waals surface area contributed by atoms with Crippen molar-refractivity contribution in [3.05, 3.63) is 29.4 Å². The third-order valence-electron chi connectivity index (χ3n) is 1.94. The van der Waals surface area contributed by atoms with E-state index in [9.17, 15) is 0 Å². The predicted molar refractivity (Wildman–Crippen MR) is 59.1 cm³/mol. The van der Waals surface area contributed by atoms with Gasteiger partial charge in [-0.25, -0.2) is 15.0 Å². The summed E-state index contributed by atoms with van der Waals surface area (Å²) in [4.78, 5) is 12.3. The van der Waals surface area contributed by atoms with Crippen LogP contribution in [0.2, 0.25) is 5.15 Å². The number of rotatable bonds is 2. The van der Waals surface area contributed by atoms with Crippen LogP contribution in [0.5, 0.6) is 0 Å². The number of hydrogen-bond acceptors (Lipinski definition) is 4. The van der Waals surface area contributed by atoms with Crippen LogP contribution in [0.25, 0.3) is 0 Å². The molecule has 2 heterocycles. The van der Waals surface area contributed by atoms with Gasteiger partial charge < -0.3 is 4.57 Å². The maximum atomic E-state index is 5.90. The average molecular weight is 241 g/mol. The van der Waals surface area contributed by atoms with Gasteiger partial charge in [0, 0.05) is 25.0 Å². The third-order valence-corrected chi connectivity index (χ3v) is 3.50. The van der Waals surface area contributed by atoms with Crippen molar-refractivity contribution in [1.29, 1.82) is 0 Å². The molecule has 0 atom stereocenters. The Bertz CT molecular complexity index is 483. The van der Waals surface area contributed by atoms with Crippen LogP contribution in [-0.2, 0) is 7.05 Å². The van der Waals surface area contributed by atoms with Crippen molar-refractivity contribution in [3.8, 4) is 0 Å². The van der Waals surface area contributed by atoms with Crippen LogP contribution < -0.4 is 0 Å². The monoisotopic (exact) mass is 240 g/mol. The van der Waals surface area contributed by atoms with E-state index in [1.807, 2.05) is 24.7 Å². The lowest BCUT2D eigenvalue weighted by atomic mass is 10.4. The highest BCUT2D eigenvalue weighted by Gasteiger charge is 2.09. The zero-order valence-electron chi connectivity index (χ0n) is 8.31. The molecule has 0 saturated carbocycles. The van der Waals surface area contributed by atoms with Crippen LogP contribution in [0.1, 0.15) is 5.56 Å². The molecule has 6 heteroatoms. The molecule has 2 aromatic heterocycles. The fourth-order valence-corrected chi connectivity index (χ4v) is 2.08. The highest BCUT2D eigenvalue weighted by atomic mass is 35.5. The fraction of sp³-hybridized carbons (Fsp3) is 0.222. The SMILES string of the molecule is Cc1c(Cl)ncnc1Sc1nccn1C. The van der Waals surface area contributed by atoms with Crippen LogP contribution in [0.3, 0.4) is 0 Å². The number of aryl methyl sites for hydroxylation is 1. The molecule has 0 spiro atoms. The van der Waals surface area contributed by atoms with Crippen molar-refractivity contribution in [2.75, 3.05) is 0 Å². The van der Waals surface area contributed by atoms with E-state index >= 15 is 0 Å².